The average Bonchev–Trinajstić information content (AvgIpc) is 2.86. The van der Waals surface area contributed by atoms with Gasteiger partial charge in [0.05, 0.1) is 6.54 Å². The largest absolute Gasteiger partial charge is 0.870 e. The fourth-order valence-electron chi connectivity index (χ4n) is 3.47. The number of amidine groups is 1. The molecular weight excluding hydrogens is 324 g/mol. The topological polar surface area (TPSA) is 117 Å². The van der Waals surface area contributed by atoms with E-state index < -0.39 is 11.9 Å². The number of quaternary nitrogens is 1. The van der Waals surface area contributed by atoms with Gasteiger partial charge in [-0.3, -0.25) is 4.48 Å². The van der Waals surface area contributed by atoms with Gasteiger partial charge in [-0.05, 0) is 6.42 Å². The molecule has 3 N–H and O–H groups in total. The minimum atomic E-state index is -0.960. The molecule has 0 aliphatic carbocycles. The number of carbonyl (C=O) groups is 2. The lowest BCUT2D eigenvalue weighted by atomic mass is 10.1. The molecule has 0 atom stereocenters. The van der Waals surface area contributed by atoms with E-state index >= 15 is 0 Å². The van der Waals surface area contributed by atoms with Crippen LogP contribution >= 0.6 is 0 Å². The molecule has 1 heterocycles. The molecule has 1 aliphatic heterocycles. The number of unbranched alkanes of at least 4 members (excludes halogenated alkanes) is 8. The molecule has 0 unspecified atom stereocenters. The van der Waals surface area contributed by atoms with Crippen molar-refractivity contribution >= 4 is 17.8 Å². The summed E-state index contributed by atoms with van der Waals surface area (Å²) >= 11 is 0. The summed E-state index contributed by atoms with van der Waals surface area (Å²) in [7, 11) is 0. The highest BCUT2D eigenvalue weighted by molar-refractivity contribution is 5.82. The van der Waals surface area contributed by atoms with Crippen molar-refractivity contribution in [3.63, 3.8) is 0 Å². The van der Waals surface area contributed by atoms with E-state index in [0.29, 0.717) is 13.1 Å². The van der Waals surface area contributed by atoms with Gasteiger partial charge in [0, 0.05) is 6.42 Å². The van der Waals surface area contributed by atoms with Crippen LogP contribution in [0.3, 0.4) is 0 Å². The van der Waals surface area contributed by atoms with Crippen molar-refractivity contribution in [1.29, 1.82) is 0 Å². The number of aliphatic carboxylic acids is 2. The molecule has 7 nitrogen and oxygen atoms in total. The van der Waals surface area contributed by atoms with E-state index in [2.05, 4.69) is 11.9 Å². The van der Waals surface area contributed by atoms with E-state index in [1.807, 2.05) is 0 Å². The molecule has 0 fully saturated rings. The summed E-state index contributed by atoms with van der Waals surface area (Å²) in [6, 6.07) is 0. The lowest BCUT2D eigenvalue weighted by molar-refractivity contribution is -0.821. The van der Waals surface area contributed by atoms with E-state index in [4.69, 9.17) is 10.2 Å². The van der Waals surface area contributed by atoms with Gasteiger partial charge in [-0.1, -0.05) is 58.3 Å². The van der Waals surface area contributed by atoms with E-state index in [0.717, 1.165) is 25.1 Å². The second kappa shape index (κ2) is 12.8. The second-order valence-corrected chi connectivity index (χ2v) is 6.85. The Morgan fingerprint density at radius 1 is 0.920 bits per heavy atom. The Hall–Kier alpha value is -1.47. The minimum Gasteiger partial charge on any atom is -0.870 e. The fraction of sp³-hybridized carbons (Fsp3) is 0.833. The molecule has 0 aromatic rings. The van der Waals surface area contributed by atoms with Gasteiger partial charge in [-0.25, -0.2) is 14.6 Å². The number of nitrogens with zero attached hydrogens (tertiary/aromatic N) is 2. The zero-order chi connectivity index (χ0) is 17.8. The molecule has 1 aliphatic rings. The van der Waals surface area contributed by atoms with Crippen molar-refractivity contribution in [2.45, 2.75) is 71.1 Å². The zero-order valence-electron chi connectivity index (χ0n) is 15.5. The van der Waals surface area contributed by atoms with Crippen LogP contribution in [0.25, 0.3) is 0 Å². The Labute approximate surface area is 150 Å². The third kappa shape index (κ3) is 8.97. The standard InChI is InChI=1S/C18H32N2O4.H2O/c1-2-3-4-5-6-7-8-9-10-11-16-19-12-13-20(16,14-17(21)22)15-18(23)24;/h2-15H2,1H3,(H-,21,22,23,24);1H2. The smallest absolute Gasteiger partial charge is 0.359 e. The molecule has 0 saturated carbocycles. The van der Waals surface area contributed by atoms with Gasteiger partial charge in [-0.15, -0.1) is 0 Å². The highest BCUT2D eigenvalue weighted by atomic mass is 16.4. The van der Waals surface area contributed by atoms with Crippen molar-refractivity contribution < 1.29 is 29.8 Å². The van der Waals surface area contributed by atoms with Crippen molar-refractivity contribution in [2.24, 2.45) is 4.99 Å². The van der Waals surface area contributed by atoms with Gasteiger partial charge in [0.2, 0.25) is 0 Å². The molecular formula is C18H34N2O5. The third-order valence-corrected chi connectivity index (χ3v) is 4.75. The Morgan fingerprint density at radius 2 is 1.40 bits per heavy atom. The highest BCUT2D eigenvalue weighted by Gasteiger charge is 2.41. The van der Waals surface area contributed by atoms with Crippen LogP contribution in [-0.4, -0.2) is 64.1 Å². The maximum absolute atomic E-state index is 11.1. The highest BCUT2D eigenvalue weighted by Crippen LogP contribution is 2.20. The minimum absolute atomic E-state index is 0. The molecule has 0 bridgehead atoms. The predicted octanol–water partition coefficient (Wildman–Crippen LogP) is 3.13. The summed E-state index contributed by atoms with van der Waals surface area (Å²) in [5, 5.41) is 18.3. The first kappa shape index (κ1) is 23.5. The molecule has 0 aromatic heterocycles. The average molecular weight is 358 g/mol. The normalized spacial score (nSPS) is 15.5. The molecule has 7 heteroatoms. The zero-order valence-corrected chi connectivity index (χ0v) is 15.5. The van der Waals surface area contributed by atoms with E-state index in [1.54, 1.807) is 0 Å². The molecule has 146 valence electrons. The molecule has 1 rings (SSSR count). The first-order valence-electron chi connectivity index (χ1n) is 9.34. The monoisotopic (exact) mass is 358 g/mol. The SMILES string of the molecule is CCCCCCCCCCCC1=NCC[N+]1(CC(=O)O)CC(=O)O.[OH-]. The Morgan fingerprint density at radius 3 is 1.88 bits per heavy atom. The summed E-state index contributed by atoms with van der Waals surface area (Å²) in [5.74, 6) is -1.15. The number of carboxylic acids is 2. The van der Waals surface area contributed by atoms with Crippen LogP contribution in [0.4, 0.5) is 0 Å². The third-order valence-electron chi connectivity index (χ3n) is 4.75. The molecule has 25 heavy (non-hydrogen) atoms. The Balaban J connectivity index is 0.00000576. The summed E-state index contributed by atoms with van der Waals surface area (Å²) in [6.45, 7) is 2.89. The van der Waals surface area contributed by atoms with Crippen LogP contribution in [0.2, 0.25) is 0 Å². The van der Waals surface area contributed by atoms with E-state index in [-0.39, 0.29) is 23.0 Å². The first-order valence-corrected chi connectivity index (χ1v) is 9.34. The van der Waals surface area contributed by atoms with Gasteiger partial charge < -0.3 is 15.7 Å². The maximum Gasteiger partial charge on any atom is 0.359 e. The molecule has 0 amide bonds. The van der Waals surface area contributed by atoms with Crippen LogP contribution in [0.15, 0.2) is 4.99 Å². The second-order valence-electron chi connectivity index (χ2n) is 6.85. The van der Waals surface area contributed by atoms with Crippen molar-refractivity contribution in [1.82, 2.24) is 0 Å². The summed E-state index contributed by atoms with van der Waals surface area (Å²) in [5.41, 5.74) is 0. The molecule has 0 radical (unpaired) electrons. The van der Waals surface area contributed by atoms with Crippen LogP contribution in [0, 0.1) is 0 Å². The summed E-state index contributed by atoms with van der Waals surface area (Å²) in [4.78, 5) is 26.7. The predicted molar refractivity (Wildman–Crippen MR) is 96.2 cm³/mol. The van der Waals surface area contributed by atoms with E-state index in [1.165, 1.54) is 44.9 Å². The van der Waals surface area contributed by atoms with Crippen LogP contribution < -0.4 is 0 Å². The summed E-state index contributed by atoms with van der Waals surface area (Å²) < 4.78 is 0.00167. The number of carboxylic acid groups (broad SMARTS) is 2. The Kier molecular flexibility index (Phi) is 12.1. The van der Waals surface area contributed by atoms with Crippen molar-refractivity contribution in [3.05, 3.63) is 0 Å². The van der Waals surface area contributed by atoms with Crippen LogP contribution in [-0.2, 0) is 9.59 Å². The van der Waals surface area contributed by atoms with Crippen molar-refractivity contribution in [3.8, 4) is 0 Å². The van der Waals surface area contributed by atoms with Gasteiger partial charge in [0.15, 0.2) is 18.9 Å². The maximum atomic E-state index is 11.1. The number of hydrogen-bond donors (Lipinski definition) is 2. The number of hydrogen-bond acceptors (Lipinski definition) is 4. The lowest BCUT2D eigenvalue weighted by Crippen LogP contribution is -2.56. The van der Waals surface area contributed by atoms with E-state index in [9.17, 15) is 9.59 Å². The van der Waals surface area contributed by atoms with Gasteiger partial charge >= 0.3 is 11.9 Å². The molecule has 0 spiro atoms. The number of aliphatic imine (C=N–C) groups is 1. The molecule has 0 saturated heterocycles. The fourth-order valence-corrected chi connectivity index (χ4v) is 3.47. The molecule has 0 aromatic carbocycles. The first-order chi connectivity index (χ1) is 11.5. The van der Waals surface area contributed by atoms with Crippen molar-refractivity contribution in [2.75, 3.05) is 26.2 Å². The lowest BCUT2D eigenvalue weighted by Gasteiger charge is -2.31. The van der Waals surface area contributed by atoms with Gasteiger partial charge in [0.1, 0.15) is 6.54 Å². The summed E-state index contributed by atoms with van der Waals surface area (Å²) in [6.07, 6.45) is 11.8. The van der Waals surface area contributed by atoms with Gasteiger partial charge in [0.25, 0.3) is 0 Å². The quantitative estimate of drug-likeness (QED) is 0.365. The van der Waals surface area contributed by atoms with Gasteiger partial charge in [-0.2, -0.15) is 0 Å². The number of rotatable bonds is 14. The van der Waals surface area contributed by atoms with Crippen LogP contribution in [0.5, 0.6) is 0 Å². The van der Waals surface area contributed by atoms with Crippen LogP contribution in [0.1, 0.15) is 71.1 Å². The Bertz CT molecular complexity index is 421.